The fraction of sp³-hybridized carbons (Fsp3) is 0.500. The second-order valence-electron chi connectivity index (χ2n) is 5.29. The predicted molar refractivity (Wildman–Crippen MR) is 87.1 cm³/mol. The van der Waals surface area contributed by atoms with Crippen LogP contribution in [-0.4, -0.2) is 26.4 Å². The molecule has 0 aliphatic rings. The maximum atomic E-state index is 10.9. The van der Waals surface area contributed by atoms with Crippen molar-refractivity contribution in [2.45, 2.75) is 51.2 Å². The number of carboxylic acids is 1. The summed E-state index contributed by atoms with van der Waals surface area (Å²) in [6.45, 7) is 6.42. The molecule has 1 unspecified atom stereocenters. The van der Waals surface area contributed by atoms with Crippen molar-refractivity contribution >= 4 is 28.8 Å². The molecule has 0 saturated heterocycles. The van der Waals surface area contributed by atoms with E-state index < -0.39 is 5.97 Å². The molecule has 0 bridgehead atoms. The van der Waals surface area contributed by atoms with E-state index in [0.717, 1.165) is 35.5 Å². The zero-order chi connectivity index (χ0) is 15.4. The molecule has 2 aromatic rings. The molecule has 114 valence electrons. The Balaban J connectivity index is 2.51. The van der Waals surface area contributed by atoms with E-state index in [1.807, 2.05) is 12.1 Å². The SMILES string of the molecule is CCCC(CC)n1c(SCC(=O)O)nc2ccc(C)cc21. The van der Waals surface area contributed by atoms with Gasteiger partial charge in [0.15, 0.2) is 5.16 Å². The Hall–Kier alpha value is -1.49. The topological polar surface area (TPSA) is 55.1 Å². The molecule has 0 aliphatic heterocycles. The van der Waals surface area contributed by atoms with Crippen LogP contribution in [0.4, 0.5) is 0 Å². The summed E-state index contributed by atoms with van der Waals surface area (Å²) in [5.41, 5.74) is 3.26. The third kappa shape index (κ3) is 3.59. The first-order chi connectivity index (χ1) is 10.1. The van der Waals surface area contributed by atoms with Crippen LogP contribution in [0.15, 0.2) is 23.4 Å². The van der Waals surface area contributed by atoms with E-state index in [0.29, 0.717) is 6.04 Å². The van der Waals surface area contributed by atoms with Gasteiger partial charge in [0.05, 0.1) is 16.8 Å². The average Bonchev–Trinajstić information content (AvgIpc) is 2.80. The first kappa shape index (κ1) is 15.9. The second kappa shape index (κ2) is 6.98. The molecule has 0 saturated carbocycles. The van der Waals surface area contributed by atoms with Gasteiger partial charge in [0, 0.05) is 6.04 Å². The number of rotatable bonds is 7. The number of aryl methyl sites for hydroxylation is 1. The van der Waals surface area contributed by atoms with E-state index in [1.165, 1.54) is 17.3 Å². The van der Waals surface area contributed by atoms with Gasteiger partial charge in [0.25, 0.3) is 0 Å². The normalized spacial score (nSPS) is 12.7. The van der Waals surface area contributed by atoms with Gasteiger partial charge in [-0.25, -0.2) is 4.98 Å². The van der Waals surface area contributed by atoms with Gasteiger partial charge < -0.3 is 9.67 Å². The summed E-state index contributed by atoms with van der Waals surface area (Å²) in [5.74, 6) is -0.761. The van der Waals surface area contributed by atoms with Crippen LogP contribution in [0.2, 0.25) is 0 Å². The van der Waals surface area contributed by atoms with Crippen LogP contribution in [0.25, 0.3) is 11.0 Å². The first-order valence-electron chi connectivity index (χ1n) is 7.40. The van der Waals surface area contributed by atoms with E-state index in [2.05, 4.69) is 36.4 Å². The van der Waals surface area contributed by atoms with Crippen molar-refractivity contribution in [1.29, 1.82) is 0 Å². The molecule has 0 fully saturated rings. The van der Waals surface area contributed by atoms with E-state index in [-0.39, 0.29) is 5.75 Å². The molecule has 4 nitrogen and oxygen atoms in total. The molecule has 1 atom stereocenters. The van der Waals surface area contributed by atoms with Gasteiger partial charge in [-0.2, -0.15) is 0 Å². The van der Waals surface area contributed by atoms with Crippen LogP contribution in [-0.2, 0) is 4.79 Å². The van der Waals surface area contributed by atoms with Crippen LogP contribution in [0, 0.1) is 6.92 Å². The number of aromatic nitrogens is 2. The van der Waals surface area contributed by atoms with Crippen molar-refractivity contribution in [3.63, 3.8) is 0 Å². The number of imidazole rings is 1. The van der Waals surface area contributed by atoms with Crippen LogP contribution in [0.5, 0.6) is 0 Å². The summed E-state index contributed by atoms with van der Waals surface area (Å²) in [6, 6.07) is 6.58. The minimum Gasteiger partial charge on any atom is -0.481 e. The highest BCUT2D eigenvalue weighted by Crippen LogP contribution is 2.31. The highest BCUT2D eigenvalue weighted by atomic mass is 32.2. The van der Waals surface area contributed by atoms with E-state index in [1.54, 1.807) is 0 Å². The fourth-order valence-corrected chi connectivity index (χ4v) is 3.41. The lowest BCUT2D eigenvalue weighted by Crippen LogP contribution is -2.10. The Labute approximate surface area is 129 Å². The van der Waals surface area contributed by atoms with Gasteiger partial charge in [-0.3, -0.25) is 4.79 Å². The van der Waals surface area contributed by atoms with E-state index in [9.17, 15) is 4.79 Å². The number of aliphatic carboxylic acids is 1. The molecule has 1 aromatic carbocycles. The molecule has 0 amide bonds. The lowest BCUT2D eigenvalue weighted by molar-refractivity contribution is -0.133. The van der Waals surface area contributed by atoms with Crippen molar-refractivity contribution in [3.05, 3.63) is 23.8 Å². The second-order valence-corrected chi connectivity index (χ2v) is 6.23. The van der Waals surface area contributed by atoms with E-state index in [4.69, 9.17) is 5.11 Å². The Morgan fingerprint density at radius 2 is 2.19 bits per heavy atom. The fourth-order valence-electron chi connectivity index (χ4n) is 2.61. The maximum Gasteiger partial charge on any atom is 0.313 e. The Kier molecular flexibility index (Phi) is 5.28. The van der Waals surface area contributed by atoms with Crippen molar-refractivity contribution in [2.75, 3.05) is 5.75 Å². The summed E-state index contributed by atoms with van der Waals surface area (Å²) in [7, 11) is 0. The van der Waals surface area contributed by atoms with Gasteiger partial charge in [-0.15, -0.1) is 0 Å². The summed E-state index contributed by atoms with van der Waals surface area (Å²) in [4.78, 5) is 15.5. The molecule has 1 N–H and O–H groups in total. The van der Waals surface area contributed by atoms with Crippen LogP contribution < -0.4 is 0 Å². The number of carbonyl (C=O) groups is 1. The first-order valence-corrected chi connectivity index (χ1v) is 8.38. The molecular weight excluding hydrogens is 284 g/mol. The van der Waals surface area contributed by atoms with Crippen LogP contribution in [0.3, 0.4) is 0 Å². The maximum absolute atomic E-state index is 10.9. The van der Waals surface area contributed by atoms with Gasteiger partial charge in [-0.05, 0) is 37.5 Å². The van der Waals surface area contributed by atoms with Crippen LogP contribution >= 0.6 is 11.8 Å². The number of carboxylic acid groups (broad SMARTS) is 1. The van der Waals surface area contributed by atoms with Crippen LogP contribution in [0.1, 0.15) is 44.7 Å². The largest absolute Gasteiger partial charge is 0.481 e. The van der Waals surface area contributed by atoms with Gasteiger partial charge in [0.1, 0.15) is 0 Å². The zero-order valence-corrected chi connectivity index (χ0v) is 13.6. The number of thioether (sulfide) groups is 1. The third-order valence-electron chi connectivity index (χ3n) is 3.60. The highest BCUT2D eigenvalue weighted by molar-refractivity contribution is 7.99. The summed E-state index contributed by atoms with van der Waals surface area (Å²) in [5, 5.41) is 9.74. The van der Waals surface area contributed by atoms with Crippen molar-refractivity contribution in [2.24, 2.45) is 0 Å². The quantitative estimate of drug-likeness (QED) is 0.776. The molecule has 2 rings (SSSR count). The minimum atomic E-state index is -0.807. The van der Waals surface area contributed by atoms with Gasteiger partial charge in [-0.1, -0.05) is 38.1 Å². The molecule has 5 heteroatoms. The minimum absolute atomic E-state index is 0.0465. The number of hydrogen-bond donors (Lipinski definition) is 1. The van der Waals surface area contributed by atoms with Gasteiger partial charge >= 0.3 is 5.97 Å². The monoisotopic (exact) mass is 306 g/mol. The molecule has 21 heavy (non-hydrogen) atoms. The Morgan fingerprint density at radius 1 is 1.43 bits per heavy atom. The molecule has 0 radical (unpaired) electrons. The predicted octanol–water partition coefficient (Wildman–Crippen LogP) is 4.27. The molecule has 1 aromatic heterocycles. The van der Waals surface area contributed by atoms with E-state index >= 15 is 0 Å². The smallest absolute Gasteiger partial charge is 0.313 e. The number of nitrogens with zero attached hydrogens (tertiary/aromatic N) is 2. The standard InChI is InChI=1S/C16H22N2O2S/c1-4-6-12(5-2)18-14-9-11(3)7-8-13(14)17-16(18)21-10-15(19)20/h7-9,12H,4-6,10H2,1-3H3,(H,19,20). The summed E-state index contributed by atoms with van der Waals surface area (Å²) < 4.78 is 2.24. The number of fused-ring (bicyclic) bond motifs is 1. The lowest BCUT2D eigenvalue weighted by atomic mass is 10.1. The average molecular weight is 306 g/mol. The Morgan fingerprint density at radius 3 is 2.81 bits per heavy atom. The van der Waals surface area contributed by atoms with Crippen molar-refractivity contribution in [3.8, 4) is 0 Å². The summed E-state index contributed by atoms with van der Waals surface area (Å²) >= 11 is 1.31. The zero-order valence-electron chi connectivity index (χ0n) is 12.8. The summed E-state index contributed by atoms with van der Waals surface area (Å²) in [6.07, 6.45) is 3.21. The number of benzene rings is 1. The molecule has 1 heterocycles. The van der Waals surface area contributed by atoms with Crippen molar-refractivity contribution in [1.82, 2.24) is 9.55 Å². The van der Waals surface area contributed by atoms with Gasteiger partial charge in [0.2, 0.25) is 0 Å². The van der Waals surface area contributed by atoms with Crippen molar-refractivity contribution < 1.29 is 9.90 Å². The number of hydrogen-bond acceptors (Lipinski definition) is 3. The Bertz CT molecular complexity index is 636. The lowest BCUT2D eigenvalue weighted by Gasteiger charge is -2.19. The highest BCUT2D eigenvalue weighted by Gasteiger charge is 2.18. The molecule has 0 spiro atoms. The third-order valence-corrected chi connectivity index (χ3v) is 4.53. The molecule has 0 aliphatic carbocycles. The molecular formula is C16H22N2O2S.